The highest BCUT2D eigenvalue weighted by atomic mass is 35.5. The Morgan fingerprint density at radius 1 is 1.24 bits per heavy atom. The molecule has 0 bridgehead atoms. The van der Waals surface area contributed by atoms with Crippen molar-refractivity contribution in [3.8, 4) is 11.5 Å². The minimum Gasteiger partial charge on any atom is -0.495 e. The van der Waals surface area contributed by atoms with Crippen molar-refractivity contribution >= 4 is 11.6 Å². The Morgan fingerprint density at radius 3 is 2.76 bits per heavy atom. The van der Waals surface area contributed by atoms with Crippen LogP contribution in [0.1, 0.15) is 29.7 Å². The number of ether oxygens (including phenoxy) is 2. The van der Waals surface area contributed by atoms with Crippen LogP contribution in [0.2, 0.25) is 5.02 Å². The number of hydrogen-bond acceptors (Lipinski definition) is 3. The van der Waals surface area contributed by atoms with Gasteiger partial charge in [-0.05, 0) is 30.8 Å². The second-order valence-electron chi connectivity index (χ2n) is 5.12. The summed E-state index contributed by atoms with van der Waals surface area (Å²) in [5.74, 6) is 1.61. The molecule has 4 heteroatoms. The summed E-state index contributed by atoms with van der Waals surface area (Å²) in [4.78, 5) is 0. The highest BCUT2D eigenvalue weighted by Gasteiger charge is 2.28. The predicted molar refractivity (Wildman–Crippen MR) is 84.2 cm³/mol. The van der Waals surface area contributed by atoms with Gasteiger partial charge in [-0.25, -0.2) is 0 Å². The van der Waals surface area contributed by atoms with Gasteiger partial charge < -0.3 is 14.8 Å². The van der Waals surface area contributed by atoms with E-state index in [1.165, 1.54) is 5.56 Å². The molecule has 1 heterocycles. The number of nitrogens with one attached hydrogen (secondary N) is 1. The fourth-order valence-electron chi connectivity index (χ4n) is 2.78. The molecule has 0 fully saturated rings. The molecule has 21 heavy (non-hydrogen) atoms. The third-order valence-electron chi connectivity index (χ3n) is 3.91. The van der Waals surface area contributed by atoms with Crippen molar-refractivity contribution in [3.63, 3.8) is 0 Å². The molecule has 0 amide bonds. The molecule has 0 aliphatic carbocycles. The molecule has 2 atom stereocenters. The molecular weight excluding hydrogens is 286 g/mol. The fourth-order valence-corrected chi connectivity index (χ4v) is 3.04. The average Bonchev–Trinajstić information content (AvgIpc) is 2.53. The van der Waals surface area contributed by atoms with E-state index in [1.54, 1.807) is 7.11 Å². The number of rotatable bonds is 3. The monoisotopic (exact) mass is 303 g/mol. The maximum atomic E-state index is 6.22. The second-order valence-corrected chi connectivity index (χ2v) is 5.52. The molecule has 2 aromatic carbocycles. The molecule has 0 radical (unpaired) electrons. The Kier molecular flexibility index (Phi) is 4.04. The van der Waals surface area contributed by atoms with Gasteiger partial charge in [-0.3, -0.25) is 0 Å². The van der Waals surface area contributed by atoms with Gasteiger partial charge in [0.05, 0.1) is 12.1 Å². The SMILES string of the molecule is CNC1CC(c2ccc(OC)c(Cl)c2)Oc2ccccc21. The lowest BCUT2D eigenvalue weighted by Crippen LogP contribution is -2.26. The minimum absolute atomic E-state index is 0.0132. The van der Waals surface area contributed by atoms with E-state index in [9.17, 15) is 0 Å². The summed E-state index contributed by atoms with van der Waals surface area (Å²) in [5.41, 5.74) is 2.27. The first kappa shape index (κ1) is 14.2. The standard InChI is InChI=1S/C17H18ClNO2/c1-19-14-10-17(21-15-6-4-3-5-12(14)15)11-7-8-16(20-2)13(18)9-11/h3-9,14,17,19H,10H2,1-2H3. The first-order valence-corrected chi connectivity index (χ1v) is 7.37. The van der Waals surface area contributed by atoms with Gasteiger partial charge in [0.2, 0.25) is 0 Å². The summed E-state index contributed by atoms with van der Waals surface area (Å²) in [6.45, 7) is 0. The maximum absolute atomic E-state index is 6.22. The van der Waals surface area contributed by atoms with Crippen LogP contribution in [-0.2, 0) is 0 Å². The van der Waals surface area contributed by atoms with Crippen molar-refractivity contribution in [3.05, 3.63) is 58.6 Å². The van der Waals surface area contributed by atoms with Crippen LogP contribution < -0.4 is 14.8 Å². The van der Waals surface area contributed by atoms with E-state index in [2.05, 4.69) is 11.4 Å². The van der Waals surface area contributed by atoms with Gasteiger partial charge in [0.1, 0.15) is 17.6 Å². The summed E-state index contributed by atoms with van der Waals surface area (Å²) in [6, 6.07) is 14.2. The lowest BCUT2D eigenvalue weighted by atomic mass is 9.93. The molecule has 0 saturated carbocycles. The van der Waals surface area contributed by atoms with E-state index in [0.29, 0.717) is 10.8 Å². The molecule has 1 aliphatic heterocycles. The van der Waals surface area contributed by atoms with Gasteiger partial charge in [-0.15, -0.1) is 0 Å². The lowest BCUT2D eigenvalue weighted by molar-refractivity contribution is 0.154. The zero-order chi connectivity index (χ0) is 14.8. The van der Waals surface area contributed by atoms with Gasteiger partial charge in [0.25, 0.3) is 0 Å². The summed E-state index contributed by atoms with van der Waals surface area (Å²) in [6.07, 6.45) is 0.858. The Bertz CT molecular complexity index is 644. The first-order valence-electron chi connectivity index (χ1n) is 6.99. The molecule has 0 saturated heterocycles. The number of para-hydroxylation sites is 1. The van der Waals surface area contributed by atoms with Gasteiger partial charge in [-0.2, -0.15) is 0 Å². The lowest BCUT2D eigenvalue weighted by Gasteiger charge is -2.32. The second kappa shape index (κ2) is 5.96. The minimum atomic E-state index is -0.0132. The maximum Gasteiger partial charge on any atom is 0.137 e. The van der Waals surface area contributed by atoms with E-state index < -0.39 is 0 Å². The zero-order valence-corrected chi connectivity index (χ0v) is 12.9. The van der Waals surface area contributed by atoms with Gasteiger partial charge in [-0.1, -0.05) is 35.9 Å². The molecule has 110 valence electrons. The Labute approximate surface area is 129 Å². The zero-order valence-electron chi connectivity index (χ0n) is 12.1. The topological polar surface area (TPSA) is 30.5 Å². The van der Waals surface area contributed by atoms with Crippen molar-refractivity contribution < 1.29 is 9.47 Å². The van der Waals surface area contributed by atoms with Crippen LogP contribution in [0.25, 0.3) is 0 Å². The van der Waals surface area contributed by atoms with Crippen molar-refractivity contribution in [2.45, 2.75) is 18.6 Å². The number of benzene rings is 2. The molecule has 3 rings (SSSR count). The van der Waals surface area contributed by atoms with Crippen molar-refractivity contribution in [1.82, 2.24) is 5.32 Å². The Hall–Kier alpha value is -1.71. The van der Waals surface area contributed by atoms with E-state index in [-0.39, 0.29) is 12.1 Å². The van der Waals surface area contributed by atoms with E-state index in [1.807, 2.05) is 43.4 Å². The van der Waals surface area contributed by atoms with Crippen LogP contribution in [0.5, 0.6) is 11.5 Å². The largest absolute Gasteiger partial charge is 0.495 e. The molecular formula is C17H18ClNO2. The summed E-state index contributed by atoms with van der Waals surface area (Å²) in [5, 5.41) is 3.97. The average molecular weight is 304 g/mol. The van der Waals surface area contributed by atoms with E-state index >= 15 is 0 Å². The summed E-state index contributed by atoms with van der Waals surface area (Å²) < 4.78 is 11.3. The number of methoxy groups -OCH3 is 1. The van der Waals surface area contributed by atoms with Crippen LogP contribution >= 0.6 is 11.6 Å². The Morgan fingerprint density at radius 2 is 2.05 bits per heavy atom. The van der Waals surface area contributed by atoms with Crippen molar-refractivity contribution in [2.24, 2.45) is 0 Å². The van der Waals surface area contributed by atoms with Crippen LogP contribution in [0, 0.1) is 0 Å². The third-order valence-corrected chi connectivity index (χ3v) is 4.20. The molecule has 1 N–H and O–H groups in total. The molecule has 2 unspecified atom stereocenters. The fraction of sp³-hybridized carbons (Fsp3) is 0.294. The Balaban J connectivity index is 1.93. The normalized spacial score (nSPS) is 20.5. The van der Waals surface area contributed by atoms with Crippen LogP contribution in [0.15, 0.2) is 42.5 Å². The molecule has 0 spiro atoms. The number of fused-ring (bicyclic) bond motifs is 1. The highest BCUT2D eigenvalue weighted by Crippen LogP contribution is 2.41. The summed E-state index contributed by atoms with van der Waals surface area (Å²) in [7, 11) is 3.59. The first-order chi connectivity index (χ1) is 10.2. The molecule has 2 aromatic rings. The van der Waals surface area contributed by atoms with Crippen LogP contribution in [-0.4, -0.2) is 14.2 Å². The quantitative estimate of drug-likeness (QED) is 0.924. The van der Waals surface area contributed by atoms with Gasteiger partial charge in [0.15, 0.2) is 0 Å². The highest BCUT2D eigenvalue weighted by molar-refractivity contribution is 6.32. The van der Waals surface area contributed by atoms with E-state index in [4.69, 9.17) is 21.1 Å². The third kappa shape index (κ3) is 2.71. The van der Waals surface area contributed by atoms with Gasteiger partial charge in [0, 0.05) is 18.0 Å². The smallest absolute Gasteiger partial charge is 0.137 e. The molecule has 3 nitrogen and oxygen atoms in total. The molecule has 1 aliphatic rings. The number of halogens is 1. The van der Waals surface area contributed by atoms with Crippen molar-refractivity contribution in [1.29, 1.82) is 0 Å². The predicted octanol–water partition coefficient (Wildman–Crippen LogP) is 4.13. The summed E-state index contributed by atoms with van der Waals surface area (Å²) >= 11 is 6.22. The molecule has 0 aromatic heterocycles. The van der Waals surface area contributed by atoms with Crippen LogP contribution in [0.4, 0.5) is 0 Å². The number of hydrogen-bond donors (Lipinski definition) is 1. The van der Waals surface area contributed by atoms with E-state index in [0.717, 1.165) is 17.7 Å². The van der Waals surface area contributed by atoms with Crippen molar-refractivity contribution in [2.75, 3.05) is 14.2 Å². The van der Waals surface area contributed by atoms with Gasteiger partial charge >= 0.3 is 0 Å². The van der Waals surface area contributed by atoms with Crippen LogP contribution in [0.3, 0.4) is 0 Å².